The van der Waals surface area contributed by atoms with Gasteiger partial charge in [-0.3, -0.25) is 0 Å². The molecule has 0 fully saturated rings. The lowest BCUT2D eigenvalue weighted by Crippen LogP contribution is -2.08. The van der Waals surface area contributed by atoms with E-state index in [0.29, 0.717) is 17.5 Å². The van der Waals surface area contributed by atoms with Gasteiger partial charge < -0.3 is 8.98 Å². The molecular weight excluding hydrogens is 901 g/mol. The lowest BCUT2D eigenvalue weighted by molar-refractivity contribution is 0.669. The van der Waals surface area contributed by atoms with Crippen LogP contribution < -0.4 is 0 Å². The molecular formula is C69H44N4O. The lowest BCUT2D eigenvalue weighted by atomic mass is 9.90. The molecule has 0 spiro atoms. The van der Waals surface area contributed by atoms with E-state index in [-0.39, 0.29) is 0 Å². The second-order valence-electron chi connectivity index (χ2n) is 18.9. The van der Waals surface area contributed by atoms with Gasteiger partial charge in [-0.05, 0) is 119 Å². The van der Waals surface area contributed by atoms with Crippen LogP contribution in [0.25, 0.3) is 129 Å². The van der Waals surface area contributed by atoms with Gasteiger partial charge in [-0.1, -0.05) is 188 Å². The molecule has 5 heteroatoms. The van der Waals surface area contributed by atoms with Gasteiger partial charge in [-0.25, -0.2) is 15.0 Å². The molecule has 0 saturated carbocycles. The molecule has 74 heavy (non-hydrogen) atoms. The minimum atomic E-state index is 0.557. The molecule has 1 aliphatic carbocycles. The third-order valence-corrected chi connectivity index (χ3v) is 14.4. The Balaban J connectivity index is 1.03. The molecule has 13 aromatic rings. The number of hydrogen-bond donors (Lipinski definition) is 0. The van der Waals surface area contributed by atoms with Gasteiger partial charge in [-0.2, -0.15) is 0 Å². The Morgan fingerprint density at radius 2 is 0.946 bits per heavy atom. The zero-order chi connectivity index (χ0) is 49.0. The second-order valence-corrected chi connectivity index (χ2v) is 18.9. The van der Waals surface area contributed by atoms with Gasteiger partial charge in [0.2, 0.25) is 0 Å². The van der Waals surface area contributed by atoms with Crippen LogP contribution in [0.5, 0.6) is 0 Å². The summed E-state index contributed by atoms with van der Waals surface area (Å²) in [4.78, 5) is 16.1. The Kier molecular flexibility index (Phi) is 10.5. The van der Waals surface area contributed by atoms with Gasteiger partial charge in [0, 0.05) is 60.8 Å². The first kappa shape index (κ1) is 42.9. The van der Waals surface area contributed by atoms with Crippen LogP contribution in [0.2, 0.25) is 0 Å². The molecule has 0 N–H and O–H groups in total. The van der Waals surface area contributed by atoms with Crippen LogP contribution in [0.4, 0.5) is 0 Å². The molecule has 14 rings (SSSR count). The molecule has 0 radical (unpaired) electrons. The lowest BCUT2D eigenvalue weighted by Gasteiger charge is -2.23. The first-order valence-electron chi connectivity index (χ1n) is 25.1. The summed E-state index contributed by atoms with van der Waals surface area (Å²) < 4.78 is 8.81. The summed E-state index contributed by atoms with van der Waals surface area (Å²) >= 11 is 0. The molecule has 0 unspecified atom stereocenters. The fourth-order valence-corrected chi connectivity index (χ4v) is 10.8. The van der Waals surface area contributed by atoms with Crippen molar-refractivity contribution in [2.45, 2.75) is 12.8 Å². The highest BCUT2D eigenvalue weighted by Gasteiger charge is 2.28. The number of aromatic nitrogens is 4. The molecule has 0 saturated heterocycles. The Bertz CT molecular complexity index is 4200. The first-order chi connectivity index (χ1) is 36.7. The standard InChI is InChI=1S/C69H44N4O/c1-6-18-45(19-7-1)48-30-32-51(33-31-48)67-70-68(54-36-39-65-61(42-54)56-28-16-17-29-64(56)74-65)72-69(71-67)55-43-57(49-24-12-4-13-25-49)66(58(44-55)50-26-14-5-15-27-50)73-62-37-34-52(46-20-8-2-9-21-46)40-59(62)60-41-53(35-38-63(60)73)47-22-10-3-11-23-47/h1-14,16-26,28-34,36-37,39-44H,35,38H2. The quantitative estimate of drug-likeness (QED) is 0.145. The van der Waals surface area contributed by atoms with Crippen molar-refractivity contribution >= 4 is 44.5 Å². The molecule has 0 bridgehead atoms. The van der Waals surface area contributed by atoms with E-state index in [1.807, 2.05) is 48.5 Å². The minimum absolute atomic E-state index is 0.557. The van der Waals surface area contributed by atoms with E-state index in [4.69, 9.17) is 19.4 Å². The molecule has 3 aromatic heterocycles. The zero-order valence-electron chi connectivity index (χ0n) is 40.2. The largest absolute Gasteiger partial charge is 0.456 e. The van der Waals surface area contributed by atoms with Crippen LogP contribution in [-0.4, -0.2) is 19.5 Å². The van der Waals surface area contributed by atoms with Crippen LogP contribution in [0.15, 0.2) is 241 Å². The summed E-state index contributed by atoms with van der Waals surface area (Å²) in [6, 6.07) is 89.9. The molecule has 3 heterocycles. The maximum Gasteiger partial charge on any atom is 0.164 e. The summed E-state index contributed by atoms with van der Waals surface area (Å²) in [5.41, 5.74) is 20.2. The molecule has 0 amide bonds. The maximum absolute atomic E-state index is 6.28. The summed E-state index contributed by atoms with van der Waals surface area (Å²) in [5, 5.41) is 3.26. The number of fused-ring (bicyclic) bond motifs is 6. The van der Waals surface area contributed by atoms with Crippen molar-refractivity contribution in [3.05, 3.63) is 266 Å². The minimum Gasteiger partial charge on any atom is -0.456 e. The summed E-state index contributed by atoms with van der Waals surface area (Å²) in [5.74, 6) is 1.70. The van der Waals surface area contributed by atoms with Gasteiger partial charge in [0.25, 0.3) is 0 Å². The fourth-order valence-electron chi connectivity index (χ4n) is 10.8. The van der Waals surface area contributed by atoms with Crippen LogP contribution in [0.3, 0.4) is 0 Å². The third kappa shape index (κ3) is 7.65. The van der Waals surface area contributed by atoms with Crippen molar-refractivity contribution < 1.29 is 4.42 Å². The van der Waals surface area contributed by atoms with Crippen molar-refractivity contribution in [2.24, 2.45) is 0 Å². The highest BCUT2D eigenvalue weighted by atomic mass is 16.3. The summed E-state index contributed by atoms with van der Waals surface area (Å²) in [7, 11) is 0. The van der Waals surface area contributed by atoms with E-state index in [9.17, 15) is 0 Å². The van der Waals surface area contributed by atoms with E-state index in [2.05, 4.69) is 211 Å². The smallest absolute Gasteiger partial charge is 0.164 e. The topological polar surface area (TPSA) is 56.7 Å². The number of hydrogen-bond acceptors (Lipinski definition) is 4. The zero-order valence-corrected chi connectivity index (χ0v) is 40.2. The van der Waals surface area contributed by atoms with E-state index < -0.39 is 0 Å². The SMILES string of the molecule is c1cccc(-c2cc(-c3nc(-c4ccc(-c5ccccc5)cc4)nc(-c4ccc5oc6ccccc6c5c4)n3)cc(-c3ccccc3)c2-n2c3c(c4cc(-c5ccccc5)ccc42)C=C(c2ccccc2)CC3)c#1. The Morgan fingerprint density at radius 3 is 1.66 bits per heavy atom. The average molecular weight is 945 g/mol. The maximum atomic E-state index is 6.28. The first-order valence-corrected chi connectivity index (χ1v) is 25.1. The summed E-state index contributed by atoms with van der Waals surface area (Å²) in [6.45, 7) is 0. The highest BCUT2D eigenvalue weighted by Crippen LogP contribution is 2.46. The van der Waals surface area contributed by atoms with Crippen molar-refractivity contribution in [3.63, 3.8) is 0 Å². The van der Waals surface area contributed by atoms with Gasteiger partial charge in [0.05, 0.1) is 11.2 Å². The monoisotopic (exact) mass is 944 g/mol. The van der Waals surface area contributed by atoms with Crippen LogP contribution in [-0.2, 0) is 6.42 Å². The molecule has 346 valence electrons. The van der Waals surface area contributed by atoms with Gasteiger partial charge >= 0.3 is 0 Å². The van der Waals surface area contributed by atoms with Crippen molar-refractivity contribution in [2.75, 3.05) is 0 Å². The van der Waals surface area contributed by atoms with Crippen molar-refractivity contribution in [1.29, 1.82) is 0 Å². The third-order valence-electron chi connectivity index (χ3n) is 14.4. The Labute approximate surface area is 429 Å². The number of allylic oxidation sites excluding steroid dienone is 1. The number of rotatable bonds is 9. The predicted octanol–water partition coefficient (Wildman–Crippen LogP) is 17.5. The average Bonchev–Trinajstić information content (AvgIpc) is 4.03. The Hall–Kier alpha value is -9.89. The number of benzene rings is 9. The van der Waals surface area contributed by atoms with Crippen molar-refractivity contribution in [1.82, 2.24) is 19.5 Å². The molecule has 0 aliphatic heterocycles. The van der Waals surface area contributed by atoms with E-state index in [1.54, 1.807) is 0 Å². The number of nitrogens with zero attached hydrogens (tertiary/aromatic N) is 4. The van der Waals surface area contributed by atoms with E-state index >= 15 is 0 Å². The summed E-state index contributed by atoms with van der Waals surface area (Å²) in [6.07, 6.45) is 4.19. The Morgan fingerprint density at radius 1 is 0.392 bits per heavy atom. The van der Waals surface area contributed by atoms with Crippen molar-refractivity contribution in [3.8, 4) is 84.4 Å². The van der Waals surface area contributed by atoms with Crippen LogP contribution in [0.1, 0.15) is 23.2 Å². The molecule has 0 atom stereocenters. The van der Waals surface area contributed by atoms with Gasteiger partial charge in [0.1, 0.15) is 11.2 Å². The molecule has 1 aliphatic rings. The normalized spacial score (nSPS) is 12.2. The van der Waals surface area contributed by atoms with Crippen LogP contribution >= 0.6 is 0 Å². The predicted molar refractivity (Wildman–Crippen MR) is 302 cm³/mol. The van der Waals surface area contributed by atoms with Crippen LogP contribution in [0, 0.1) is 12.1 Å². The number of para-hydroxylation sites is 1. The van der Waals surface area contributed by atoms with Gasteiger partial charge in [0.15, 0.2) is 17.5 Å². The molecule has 5 nitrogen and oxygen atoms in total. The van der Waals surface area contributed by atoms with Gasteiger partial charge in [-0.15, -0.1) is 0 Å². The van der Waals surface area contributed by atoms with E-state index in [0.717, 1.165) is 96.1 Å². The molecule has 10 aromatic carbocycles. The second kappa shape index (κ2) is 18.1. The van der Waals surface area contributed by atoms with E-state index in [1.165, 1.54) is 38.9 Å². The number of furan rings is 1. The fraction of sp³-hybridized carbons (Fsp3) is 0.0290. The highest BCUT2D eigenvalue weighted by molar-refractivity contribution is 6.06.